The fourth-order valence-corrected chi connectivity index (χ4v) is 2.10. The monoisotopic (exact) mass is 290 g/mol. The second-order valence-electron chi connectivity index (χ2n) is 6.03. The Morgan fingerprint density at radius 2 is 1.81 bits per heavy atom. The van der Waals surface area contributed by atoms with E-state index in [0.717, 1.165) is 11.8 Å². The van der Waals surface area contributed by atoms with Crippen LogP contribution >= 0.6 is 0 Å². The third-order valence-electron chi connectivity index (χ3n) is 3.07. The van der Waals surface area contributed by atoms with Crippen LogP contribution in [0.3, 0.4) is 0 Å². The number of carbonyl (C=O) groups excluding carboxylic acids is 3. The first-order valence-electron chi connectivity index (χ1n) is 7.03. The molecule has 1 rings (SSSR count). The fraction of sp³-hybridized carbons (Fsp3) is 0.471. The van der Waals surface area contributed by atoms with Crippen LogP contribution in [-0.4, -0.2) is 24.1 Å². The van der Waals surface area contributed by atoms with Gasteiger partial charge in [0.05, 0.1) is 5.92 Å². The van der Waals surface area contributed by atoms with Crippen LogP contribution in [0.5, 0.6) is 0 Å². The standard InChI is InChI=1S/C17H22O4/c1-17(2,3)21-16(20)15(9-10-18)14(12-19)11-13-7-5-4-6-8-13/h4-8,10,12,14-15H,9,11H2,1-3H3/t14-,15+/m1/s1. The van der Waals surface area contributed by atoms with Crippen molar-refractivity contribution >= 4 is 18.5 Å². The van der Waals surface area contributed by atoms with E-state index in [1.165, 1.54) is 0 Å². The van der Waals surface area contributed by atoms with E-state index in [1.807, 2.05) is 30.3 Å². The van der Waals surface area contributed by atoms with Crippen LogP contribution in [0.2, 0.25) is 0 Å². The summed E-state index contributed by atoms with van der Waals surface area (Å²) < 4.78 is 5.32. The topological polar surface area (TPSA) is 60.4 Å². The summed E-state index contributed by atoms with van der Waals surface area (Å²) >= 11 is 0. The lowest BCUT2D eigenvalue weighted by molar-refractivity contribution is -0.163. The lowest BCUT2D eigenvalue weighted by atomic mass is 9.86. The Bertz CT molecular complexity index is 473. The lowest BCUT2D eigenvalue weighted by Crippen LogP contribution is -2.34. The van der Waals surface area contributed by atoms with Gasteiger partial charge in [0, 0.05) is 12.3 Å². The molecule has 0 radical (unpaired) electrons. The maximum atomic E-state index is 12.2. The SMILES string of the molecule is CC(C)(C)OC(=O)[C@@H](CC=O)[C@@H](C=O)Cc1ccccc1. The summed E-state index contributed by atoms with van der Waals surface area (Å²) in [6.45, 7) is 5.28. The smallest absolute Gasteiger partial charge is 0.310 e. The second kappa shape index (κ2) is 7.72. The van der Waals surface area contributed by atoms with Gasteiger partial charge in [-0.25, -0.2) is 0 Å². The molecule has 0 unspecified atom stereocenters. The molecule has 114 valence electrons. The highest BCUT2D eigenvalue weighted by molar-refractivity contribution is 5.80. The van der Waals surface area contributed by atoms with E-state index in [2.05, 4.69) is 0 Å². The van der Waals surface area contributed by atoms with Crippen molar-refractivity contribution in [2.75, 3.05) is 0 Å². The van der Waals surface area contributed by atoms with Gasteiger partial charge in [0.25, 0.3) is 0 Å². The highest BCUT2D eigenvalue weighted by Gasteiger charge is 2.31. The zero-order chi connectivity index (χ0) is 15.9. The number of benzene rings is 1. The predicted octanol–water partition coefficient (Wildman–Crippen LogP) is 2.59. The average molecular weight is 290 g/mol. The summed E-state index contributed by atoms with van der Waals surface area (Å²) in [7, 11) is 0. The molecular formula is C17H22O4. The molecule has 0 N–H and O–H groups in total. The second-order valence-corrected chi connectivity index (χ2v) is 6.03. The third kappa shape index (κ3) is 5.90. The van der Waals surface area contributed by atoms with Crippen LogP contribution < -0.4 is 0 Å². The van der Waals surface area contributed by atoms with Gasteiger partial charge in [-0.2, -0.15) is 0 Å². The molecule has 2 atom stereocenters. The first-order valence-corrected chi connectivity index (χ1v) is 7.03. The van der Waals surface area contributed by atoms with Crippen molar-refractivity contribution in [3.8, 4) is 0 Å². The summed E-state index contributed by atoms with van der Waals surface area (Å²) in [5.74, 6) is -1.80. The van der Waals surface area contributed by atoms with Crippen LogP contribution in [0.25, 0.3) is 0 Å². The van der Waals surface area contributed by atoms with Gasteiger partial charge >= 0.3 is 5.97 Å². The molecule has 0 spiro atoms. The van der Waals surface area contributed by atoms with Gasteiger partial charge in [-0.15, -0.1) is 0 Å². The van der Waals surface area contributed by atoms with E-state index < -0.39 is 23.4 Å². The molecule has 0 amide bonds. The highest BCUT2D eigenvalue weighted by Crippen LogP contribution is 2.22. The van der Waals surface area contributed by atoms with Crippen molar-refractivity contribution in [2.45, 2.75) is 39.2 Å². The summed E-state index contributed by atoms with van der Waals surface area (Å²) in [6, 6.07) is 9.42. The molecular weight excluding hydrogens is 268 g/mol. The van der Waals surface area contributed by atoms with Crippen LogP contribution in [0.15, 0.2) is 30.3 Å². The van der Waals surface area contributed by atoms with Crippen molar-refractivity contribution in [2.24, 2.45) is 11.8 Å². The van der Waals surface area contributed by atoms with E-state index in [9.17, 15) is 14.4 Å². The summed E-state index contributed by atoms with van der Waals surface area (Å²) in [4.78, 5) is 34.4. The van der Waals surface area contributed by atoms with E-state index in [4.69, 9.17) is 4.74 Å². The third-order valence-corrected chi connectivity index (χ3v) is 3.07. The quantitative estimate of drug-likeness (QED) is 0.572. The number of esters is 1. The zero-order valence-electron chi connectivity index (χ0n) is 12.7. The Balaban J connectivity index is 2.87. The highest BCUT2D eigenvalue weighted by atomic mass is 16.6. The Morgan fingerprint density at radius 1 is 1.19 bits per heavy atom. The Labute approximate surface area is 125 Å². The normalized spacial score (nSPS) is 14.0. The largest absolute Gasteiger partial charge is 0.460 e. The number of carbonyl (C=O) groups is 3. The number of rotatable bonds is 7. The Morgan fingerprint density at radius 3 is 2.29 bits per heavy atom. The van der Waals surface area contributed by atoms with Crippen molar-refractivity contribution < 1.29 is 19.1 Å². The number of ether oxygens (including phenoxy) is 1. The number of hydrogen-bond acceptors (Lipinski definition) is 4. The van der Waals surface area contributed by atoms with E-state index in [1.54, 1.807) is 20.8 Å². The Kier molecular flexibility index (Phi) is 6.28. The van der Waals surface area contributed by atoms with Crippen molar-refractivity contribution in [3.63, 3.8) is 0 Å². The maximum Gasteiger partial charge on any atom is 0.310 e. The molecule has 0 aliphatic heterocycles. The molecule has 0 heterocycles. The molecule has 4 heteroatoms. The van der Waals surface area contributed by atoms with Gasteiger partial charge in [0.15, 0.2) is 0 Å². The molecule has 1 aromatic carbocycles. The van der Waals surface area contributed by atoms with Gasteiger partial charge in [0.1, 0.15) is 18.2 Å². The number of hydrogen-bond donors (Lipinski definition) is 0. The van der Waals surface area contributed by atoms with Gasteiger partial charge < -0.3 is 14.3 Å². The maximum absolute atomic E-state index is 12.2. The van der Waals surface area contributed by atoms with Crippen molar-refractivity contribution in [1.29, 1.82) is 0 Å². The molecule has 0 aliphatic rings. The summed E-state index contributed by atoms with van der Waals surface area (Å²) in [5, 5.41) is 0. The summed E-state index contributed by atoms with van der Waals surface area (Å²) in [5.41, 5.74) is 0.312. The molecule has 0 aromatic heterocycles. The minimum atomic E-state index is -0.737. The number of aldehydes is 2. The van der Waals surface area contributed by atoms with E-state index in [0.29, 0.717) is 12.7 Å². The van der Waals surface area contributed by atoms with Gasteiger partial charge in [-0.05, 0) is 32.8 Å². The first-order chi connectivity index (χ1) is 9.87. The van der Waals surface area contributed by atoms with Crippen molar-refractivity contribution in [3.05, 3.63) is 35.9 Å². The molecule has 1 aromatic rings. The molecule has 21 heavy (non-hydrogen) atoms. The van der Waals surface area contributed by atoms with Crippen molar-refractivity contribution in [1.82, 2.24) is 0 Å². The van der Waals surface area contributed by atoms with Crippen LogP contribution in [0.1, 0.15) is 32.8 Å². The molecule has 0 saturated heterocycles. The van der Waals surface area contributed by atoms with Gasteiger partial charge in [-0.3, -0.25) is 4.79 Å². The predicted molar refractivity (Wildman–Crippen MR) is 79.7 cm³/mol. The van der Waals surface area contributed by atoms with Crippen LogP contribution in [0, 0.1) is 11.8 Å². The minimum Gasteiger partial charge on any atom is -0.460 e. The van der Waals surface area contributed by atoms with Gasteiger partial charge in [-0.1, -0.05) is 30.3 Å². The summed E-state index contributed by atoms with van der Waals surface area (Å²) in [6.07, 6.45) is 1.81. The Hall–Kier alpha value is -1.97. The minimum absolute atomic E-state index is 0.00878. The molecule has 0 bridgehead atoms. The van der Waals surface area contributed by atoms with Gasteiger partial charge in [0.2, 0.25) is 0 Å². The first kappa shape index (κ1) is 17.1. The van der Waals surface area contributed by atoms with E-state index >= 15 is 0 Å². The zero-order valence-corrected chi connectivity index (χ0v) is 12.7. The molecule has 4 nitrogen and oxygen atoms in total. The molecule has 0 saturated carbocycles. The van der Waals surface area contributed by atoms with Crippen LogP contribution in [-0.2, 0) is 25.5 Å². The average Bonchev–Trinajstić information content (AvgIpc) is 2.41. The van der Waals surface area contributed by atoms with Crippen LogP contribution in [0.4, 0.5) is 0 Å². The van der Waals surface area contributed by atoms with E-state index in [-0.39, 0.29) is 6.42 Å². The lowest BCUT2D eigenvalue weighted by Gasteiger charge is -2.25. The molecule has 0 fully saturated rings. The fourth-order valence-electron chi connectivity index (χ4n) is 2.10. The molecule has 0 aliphatic carbocycles.